The van der Waals surface area contributed by atoms with Gasteiger partial charge < -0.3 is 31.1 Å². The Balaban J connectivity index is 1.16. The molecule has 0 spiro atoms. The number of nitrogens with one attached hydrogen (secondary N) is 2. The summed E-state index contributed by atoms with van der Waals surface area (Å²) < 4.78 is 14.8. The number of likely N-dealkylation sites (N-methyl/N-ethyl adjacent to an activating group) is 1. The van der Waals surface area contributed by atoms with E-state index in [1.165, 1.54) is 6.07 Å². The quantitative estimate of drug-likeness (QED) is 0.364. The molecule has 6 rings (SSSR count). The van der Waals surface area contributed by atoms with Crippen molar-refractivity contribution in [3.05, 3.63) is 71.3 Å². The van der Waals surface area contributed by atoms with Gasteiger partial charge in [-0.15, -0.1) is 0 Å². The van der Waals surface area contributed by atoms with Gasteiger partial charge in [-0.2, -0.15) is 0 Å². The van der Waals surface area contributed by atoms with Crippen molar-refractivity contribution in [1.29, 1.82) is 0 Å². The monoisotopic (exact) mass is 586 g/mol. The molecule has 3 aromatic rings. The summed E-state index contributed by atoms with van der Waals surface area (Å²) in [6, 6.07) is 12.6. The van der Waals surface area contributed by atoms with Gasteiger partial charge in [0, 0.05) is 56.2 Å². The molecule has 1 saturated carbocycles. The average molecular weight is 587 g/mol. The summed E-state index contributed by atoms with van der Waals surface area (Å²) >= 11 is 0. The third-order valence-corrected chi connectivity index (χ3v) is 8.88. The molecule has 226 valence electrons. The van der Waals surface area contributed by atoms with Gasteiger partial charge in [0.2, 0.25) is 0 Å². The van der Waals surface area contributed by atoms with Crippen molar-refractivity contribution in [1.82, 2.24) is 20.2 Å². The third-order valence-electron chi connectivity index (χ3n) is 8.88. The second kappa shape index (κ2) is 12.2. The fraction of sp³-hybridized carbons (Fsp3) is 0.438. The van der Waals surface area contributed by atoms with Crippen LogP contribution >= 0.6 is 0 Å². The third kappa shape index (κ3) is 6.41. The molecule has 3 aliphatic rings. The Bertz CT molecular complexity index is 1490. The molecule has 4 N–H and O–H groups in total. The van der Waals surface area contributed by atoms with Crippen molar-refractivity contribution in [2.45, 2.75) is 50.6 Å². The molecule has 3 heterocycles. The van der Waals surface area contributed by atoms with E-state index in [0.717, 1.165) is 68.8 Å². The molecule has 2 aromatic carbocycles. The van der Waals surface area contributed by atoms with Crippen LogP contribution in [0.1, 0.15) is 64.9 Å². The highest BCUT2D eigenvalue weighted by Crippen LogP contribution is 2.40. The predicted octanol–water partition coefficient (Wildman–Crippen LogP) is 3.87. The lowest BCUT2D eigenvalue weighted by Crippen LogP contribution is -2.54. The second-order valence-electron chi connectivity index (χ2n) is 11.9. The largest absolute Gasteiger partial charge is 0.369 e. The fourth-order valence-corrected chi connectivity index (χ4v) is 6.03. The van der Waals surface area contributed by atoms with Crippen molar-refractivity contribution < 1.29 is 14.0 Å². The van der Waals surface area contributed by atoms with Crippen molar-refractivity contribution in [3.63, 3.8) is 0 Å². The van der Waals surface area contributed by atoms with Gasteiger partial charge in [-0.1, -0.05) is 6.07 Å². The molecule has 0 radical (unpaired) electrons. The summed E-state index contributed by atoms with van der Waals surface area (Å²) in [7, 11) is 2.13. The Hall–Kier alpha value is -4.25. The zero-order chi connectivity index (χ0) is 30.1. The van der Waals surface area contributed by atoms with Gasteiger partial charge in [0.25, 0.3) is 11.8 Å². The van der Waals surface area contributed by atoms with E-state index in [0.29, 0.717) is 18.3 Å². The van der Waals surface area contributed by atoms with Crippen LogP contribution < -0.4 is 26.2 Å². The number of piperidine rings is 1. The molecule has 11 heteroatoms. The number of hydrogen-bond acceptors (Lipinski definition) is 8. The molecule has 2 atom stereocenters. The lowest BCUT2D eigenvalue weighted by atomic mass is 9.96. The Morgan fingerprint density at radius 3 is 2.42 bits per heavy atom. The molecule has 43 heavy (non-hydrogen) atoms. The maximum Gasteiger partial charge on any atom is 0.271 e. The topological polar surface area (TPSA) is 120 Å². The number of benzene rings is 2. The average Bonchev–Trinajstić information content (AvgIpc) is 3.85. The zero-order valence-corrected chi connectivity index (χ0v) is 24.7. The Labute approximate surface area is 251 Å². The number of primary amides is 1. The molecule has 10 nitrogen and oxygen atoms in total. The van der Waals surface area contributed by atoms with Crippen LogP contribution in [0, 0.1) is 5.82 Å². The number of anilines is 4. The van der Waals surface area contributed by atoms with Gasteiger partial charge in [-0.05, 0) is 87.5 Å². The highest BCUT2D eigenvalue weighted by atomic mass is 19.1. The van der Waals surface area contributed by atoms with E-state index in [4.69, 9.17) is 10.7 Å². The Kier molecular flexibility index (Phi) is 8.16. The molecule has 0 bridgehead atoms. The standard InChI is InChI=1S/C32H39FN8O2/c1-20-27(37-32(43)25-12-7-22(18-26(25)33)21-5-6-21)4-3-13-41(20)28-19-35-29(30(34)42)31(38-28)36-23-8-10-24(11-9-23)40-16-14-39(2)15-17-40/h7-12,18-21,27H,3-6,13-17H2,1-2H3,(H2,34,42)(H,36,38)(H,37,43)/t20-,27-/m1/s1. The molecular formula is C32H39FN8O2. The van der Waals surface area contributed by atoms with Gasteiger partial charge in [0.15, 0.2) is 11.5 Å². The normalized spacial score (nSPS) is 21.0. The first kappa shape index (κ1) is 28.9. The molecule has 1 aromatic heterocycles. The molecule has 2 amide bonds. The van der Waals surface area contributed by atoms with E-state index in [1.807, 2.05) is 25.1 Å². The summed E-state index contributed by atoms with van der Waals surface area (Å²) in [6.07, 6.45) is 5.24. The first-order valence-electron chi connectivity index (χ1n) is 15.1. The summed E-state index contributed by atoms with van der Waals surface area (Å²) in [5, 5.41) is 6.28. The van der Waals surface area contributed by atoms with Crippen molar-refractivity contribution in [2.75, 3.05) is 54.9 Å². The number of aromatic nitrogens is 2. The number of carbonyl (C=O) groups excluding carboxylic acids is 2. The highest BCUT2D eigenvalue weighted by molar-refractivity contribution is 5.96. The molecule has 3 fully saturated rings. The van der Waals surface area contributed by atoms with E-state index >= 15 is 0 Å². The van der Waals surface area contributed by atoms with Gasteiger partial charge in [-0.3, -0.25) is 9.59 Å². The first-order valence-corrected chi connectivity index (χ1v) is 15.1. The SMILES string of the molecule is C[C@@H]1[C@H](NC(=O)c2ccc(C3CC3)cc2F)CCCN1c1cnc(C(N)=O)c(Nc2ccc(N3CCN(C)CC3)cc2)n1. The van der Waals surface area contributed by atoms with Crippen LogP contribution in [0.2, 0.25) is 0 Å². The number of amides is 2. The summed E-state index contributed by atoms with van der Waals surface area (Å²) in [5.74, 6) is -0.330. The number of nitrogens with zero attached hydrogens (tertiary/aromatic N) is 5. The second-order valence-corrected chi connectivity index (χ2v) is 11.9. The number of nitrogens with two attached hydrogens (primary N) is 1. The zero-order valence-electron chi connectivity index (χ0n) is 24.7. The lowest BCUT2D eigenvalue weighted by Gasteiger charge is -2.40. The van der Waals surface area contributed by atoms with Gasteiger partial charge in [0.1, 0.15) is 11.6 Å². The first-order chi connectivity index (χ1) is 20.8. The van der Waals surface area contributed by atoms with Crippen LogP contribution in [0.4, 0.5) is 27.4 Å². The molecule has 0 unspecified atom stereocenters. The molecule has 1 aliphatic carbocycles. The molecule has 2 aliphatic heterocycles. The van der Waals surface area contributed by atoms with Crippen LogP contribution in [0.25, 0.3) is 0 Å². The lowest BCUT2D eigenvalue weighted by molar-refractivity contribution is 0.0919. The predicted molar refractivity (Wildman–Crippen MR) is 166 cm³/mol. The minimum atomic E-state index is -0.679. The van der Waals surface area contributed by atoms with Crippen LogP contribution in [0.15, 0.2) is 48.7 Å². The molecule has 2 saturated heterocycles. The van der Waals surface area contributed by atoms with E-state index in [1.54, 1.807) is 12.3 Å². The van der Waals surface area contributed by atoms with Crippen LogP contribution in [-0.4, -0.2) is 78.5 Å². The number of piperazine rings is 1. The van der Waals surface area contributed by atoms with Crippen LogP contribution in [-0.2, 0) is 0 Å². The molecular weight excluding hydrogens is 547 g/mol. The fourth-order valence-electron chi connectivity index (χ4n) is 6.03. The van der Waals surface area contributed by atoms with Crippen molar-refractivity contribution >= 4 is 34.8 Å². The number of halogens is 1. The van der Waals surface area contributed by atoms with Crippen LogP contribution in [0.3, 0.4) is 0 Å². The van der Waals surface area contributed by atoms with Gasteiger partial charge in [-0.25, -0.2) is 14.4 Å². The number of hydrogen-bond donors (Lipinski definition) is 3. The summed E-state index contributed by atoms with van der Waals surface area (Å²) in [6.45, 7) is 6.69. The smallest absolute Gasteiger partial charge is 0.271 e. The Morgan fingerprint density at radius 2 is 1.74 bits per heavy atom. The minimum Gasteiger partial charge on any atom is -0.369 e. The van der Waals surface area contributed by atoms with E-state index in [2.05, 4.69) is 49.5 Å². The number of carbonyl (C=O) groups is 2. The summed E-state index contributed by atoms with van der Waals surface area (Å²) in [5.41, 5.74) is 8.62. The highest BCUT2D eigenvalue weighted by Gasteiger charge is 2.32. The maximum atomic E-state index is 14.8. The van der Waals surface area contributed by atoms with Crippen molar-refractivity contribution in [2.24, 2.45) is 5.73 Å². The maximum absolute atomic E-state index is 14.8. The van der Waals surface area contributed by atoms with E-state index < -0.39 is 17.6 Å². The van der Waals surface area contributed by atoms with Gasteiger partial charge in [0.05, 0.1) is 11.8 Å². The van der Waals surface area contributed by atoms with E-state index in [-0.39, 0.29) is 29.2 Å². The van der Waals surface area contributed by atoms with Gasteiger partial charge >= 0.3 is 0 Å². The van der Waals surface area contributed by atoms with E-state index in [9.17, 15) is 14.0 Å². The summed E-state index contributed by atoms with van der Waals surface area (Å²) in [4.78, 5) is 41.1. The van der Waals surface area contributed by atoms with Crippen LogP contribution in [0.5, 0.6) is 0 Å². The van der Waals surface area contributed by atoms with Crippen molar-refractivity contribution in [3.8, 4) is 0 Å². The Morgan fingerprint density at radius 1 is 1.00 bits per heavy atom. The number of rotatable bonds is 8. The minimum absolute atomic E-state index is 0.0477.